The summed E-state index contributed by atoms with van der Waals surface area (Å²) < 4.78 is 13.7. The number of benzene rings is 1. The van der Waals surface area contributed by atoms with Gasteiger partial charge >= 0.3 is 0 Å². The Bertz CT molecular complexity index is 373. The van der Waals surface area contributed by atoms with Gasteiger partial charge in [0, 0.05) is 26.2 Å². The van der Waals surface area contributed by atoms with Crippen LogP contribution in [-0.4, -0.2) is 37.6 Å². The molecule has 2 rings (SSSR count). The lowest BCUT2D eigenvalue weighted by Crippen LogP contribution is -2.46. The molecule has 1 radical (unpaired) electrons. The van der Waals surface area contributed by atoms with E-state index >= 15 is 0 Å². The summed E-state index contributed by atoms with van der Waals surface area (Å²) in [5, 5.41) is 0. The highest BCUT2D eigenvalue weighted by Crippen LogP contribution is 2.20. The molecular weight excluding hydrogens is 239 g/mol. The molecule has 3 heteroatoms. The Labute approximate surface area is 116 Å². The Morgan fingerprint density at radius 1 is 1.00 bits per heavy atom. The predicted molar refractivity (Wildman–Crippen MR) is 78.9 cm³/mol. The molecule has 1 heterocycles. The maximum absolute atomic E-state index is 13.7. The molecule has 0 amide bonds. The van der Waals surface area contributed by atoms with Gasteiger partial charge in [-0.3, -0.25) is 4.90 Å². The van der Waals surface area contributed by atoms with Gasteiger partial charge in [0.1, 0.15) is 5.82 Å². The first-order valence-electron chi connectivity index (χ1n) is 7.32. The molecular formula is C16H24FN2. The van der Waals surface area contributed by atoms with Gasteiger partial charge in [0.25, 0.3) is 0 Å². The maximum Gasteiger partial charge on any atom is 0.146 e. The van der Waals surface area contributed by atoms with E-state index in [0.717, 1.165) is 38.3 Å². The third kappa shape index (κ3) is 4.20. The second-order valence-corrected chi connectivity index (χ2v) is 5.19. The van der Waals surface area contributed by atoms with Crippen LogP contribution in [0.15, 0.2) is 24.3 Å². The summed E-state index contributed by atoms with van der Waals surface area (Å²) in [6, 6.07) is 7.07. The molecule has 0 atom stereocenters. The number of anilines is 1. The molecule has 1 aromatic carbocycles. The predicted octanol–water partition coefficient (Wildman–Crippen LogP) is 3.34. The zero-order valence-corrected chi connectivity index (χ0v) is 11.7. The van der Waals surface area contributed by atoms with Gasteiger partial charge in [-0.2, -0.15) is 0 Å². The largest absolute Gasteiger partial charge is 0.367 e. The fourth-order valence-electron chi connectivity index (χ4n) is 2.61. The summed E-state index contributed by atoms with van der Waals surface area (Å²) in [7, 11) is 0. The van der Waals surface area contributed by atoms with Crippen molar-refractivity contribution in [1.29, 1.82) is 0 Å². The van der Waals surface area contributed by atoms with Gasteiger partial charge in [-0.05, 0) is 25.1 Å². The summed E-state index contributed by atoms with van der Waals surface area (Å²) in [6.45, 7) is 8.97. The molecule has 105 valence electrons. The van der Waals surface area contributed by atoms with E-state index in [9.17, 15) is 4.39 Å². The summed E-state index contributed by atoms with van der Waals surface area (Å²) in [5.41, 5.74) is 0.749. The van der Waals surface area contributed by atoms with E-state index in [1.807, 2.05) is 12.1 Å². The maximum atomic E-state index is 13.7. The van der Waals surface area contributed by atoms with Crippen LogP contribution < -0.4 is 4.90 Å². The Kier molecular flexibility index (Phi) is 5.64. The molecule has 1 aliphatic rings. The smallest absolute Gasteiger partial charge is 0.146 e. The fraction of sp³-hybridized carbons (Fsp3) is 0.562. The lowest BCUT2D eigenvalue weighted by atomic mass is 10.2. The third-order valence-electron chi connectivity index (χ3n) is 3.79. The van der Waals surface area contributed by atoms with Crippen LogP contribution in [-0.2, 0) is 0 Å². The van der Waals surface area contributed by atoms with Crippen LogP contribution in [0.2, 0.25) is 0 Å². The van der Waals surface area contributed by atoms with Gasteiger partial charge in [0.2, 0.25) is 0 Å². The Hall–Kier alpha value is -1.09. The molecule has 1 saturated heterocycles. The molecule has 19 heavy (non-hydrogen) atoms. The molecule has 0 aliphatic carbocycles. The number of rotatable bonds is 6. The van der Waals surface area contributed by atoms with E-state index in [-0.39, 0.29) is 5.82 Å². The molecule has 0 saturated carbocycles. The highest BCUT2D eigenvalue weighted by Gasteiger charge is 2.18. The Morgan fingerprint density at radius 3 is 2.42 bits per heavy atom. The topological polar surface area (TPSA) is 6.48 Å². The minimum Gasteiger partial charge on any atom is -0.367 e. The first-order valence-corrected chi connectivity index (χ1v) is 7.32. The van der Waals surface area contributed by atoms with E-state index in [2.05, 4.69) is 16.7 Å². The van der Waals surface area contributed by atoms with Crippen LogP contribution in [0.4, 0.5) is 10.1 Å². The first-order chi connectivity index (χ1) is 9.31. The van der Waals surface area contributed by atoms with Crippen LogP contribution in [0.25, 0.3) is 0 Å². The number of unbranched alkanes of at least 4 members (excludes halogenated alkanes) is 3. The molecule has 1 aliphatic heterocycles. The van der Waals surface area contributed by atoms with Crippen LogP contribution in [0, 0.1) is 12.7 Å². The van der Waals surface area contributed by atoms with Crippen LogP contribution in [0.3, 0.4) is 0 Å². The monoisotopic (exact) mass is 263 g/mol. The standard InChI is InChI=1S/C16H24FN2/c1-2-3-4-7-10-18-11-13-19(14-12-18)16-9-6-5-8-15(16)17/h5-6,8-9H,1-4,7,10-14H2. The van der Waals surface area contributed by atoms with E-state index < -0.39 is 0 Å². The molecule has 0 spiro atoms. The summed E-state index contributed by atoms with van der Waals surface area (Å²) in [4.78, 5) is 4.64. The van der Waals surface area contributed by atoms with Crippen molar-refractivity contribution < 1.29 is 4.39 Å². The van der Waals surface area contributed by atoms with Crippen molar-refractivity contribution in [2.75, 3.05) is 37.6 Å². The number of halogens is 1. The van der Waals surface area contributed by atoms with Crippen LogP contribution in [0.5, 0.6) is 0 Å². The SMILES string of the molecule is [CH2]CCCCCN1CCN(c2ccccc2F)CC1. The quantitative estimate of drug-likeness (QED) is 0.726. The summed E-state index contributed by atoms with van der Waals surface area (Å²) in [6.07, 6.45) is 4.81. The van der Waals surface area contributed by atoms with Crippen molar-refractivity contribution in [3.8, 4) is 0 Å². The number of hydrogen-bond donors (Lipinski definition) is 0. The van der Waals surface area contributed by atoms with E-state index in [4.69, 9.17) is 0 Å². The van der Waals surface area contributed by atoms with Crippen LogP contribution >= 0.6 is 0 Å². The Morgan fingerprint density at radius 2 is 1.74 bits per heavy atom. The fourth-order valence-corrected chi connectivity index (χ4v) is 2.61. The lowest BCUT2D eigenvalue weighted by molar-refractivity contribution is 0.251. The number of nitrogens with zero attached hydrogens (tertiary/aromatic N) is 2. The zero-order chi connectivity index (χ0) is 13.5. The zero-order valence-electron chi connectivity index (χ0n) is 11.7. The lowest BCUT2D eigenvalue weighted by Gasteiger charge is -2.36. The van der Waals surface area contributed by atoms with Gasteiger partial charge in [0.05, 0.1) is 5.69 Å². The Balaban J connectivity index is 1.75. The van der Waals surface area contributed by atoms with Crippen molar-refractivity contribution in [3.05, 3.63) is 37.0 Å². The second-order valence-electron chi connectivity index (χ2n) is 5.19. The molecule has 1 aromatic rings. The van der Waals surface area contributed by atoms with Crippen molar-refractivity contribution in [2.24, 2.45) is 0 Å². The van der Waals surface area contributed by atoms with Crippen molar-refractivity contribution in [2.45, 2.75) is 25.7 Å². The average molecular weight is 263 g/mol. The molecule has 2 nitrogen and oxygen atoms in total. The van der Waals surface area contributed by atoms with E-state index in [1.54, 1.807) is 12.1 Å². The summed E-state index contributed by atoms with van der Waals surface area (Å²) in [5.74, 6) is -0.105. The summed E-state index contributed by atoms with van der Waals surface area (Å²) >= 11 is 0. The van der Waals surface area contributed by atoms with Crippen molar-refractivity contribution in [3.63, 3.8) is 0 Å². The number of para-hydroxylation sites is 1. The molecule has 0 aromatic heterocycles. The molecule has 0 bridgehead atoms. The normalized spacial score (nSPS) is 16.8. The van der Waals surface area contributed by atoms with Crippen LogP contribution in [0.1, 0.15) is 25.7 Å². The molecule has 0 unspecified atom stereocenters. The minimum absolute atomic E-state index is 0.105. The third-order valence-corrected chi connectivity index (χ3v) is 3.79. The van der Waals surface area contributed by atoms with Gasteiger partial charge in [-0.25, -0.2) is 4.39 Å². The van der Waals surface area contributed by atoms with Gasteiger partial charge in [-0.1, -0.05) is 38.3 Å². The number of piperazine rings is 1. The first kappa shape index (κ1) is 14.3. The highest BCUT2D eigenvalue weighted by atomic mass is 19.1. The van der Waals surface area contributed by atoms with Crippen molar-refractivity contribution >= 4 is 5.69 Å². The molecule has 0 N–H and O–H groups in total. The highest BCUT2D eigenvalue weighted by molar-refractivity contribution is 5.47. The van der Waals surface area contributed by atoms with Crippen molar-refractivity contribution in [1.82, 2.24) is 4.90 Å². The van der Waals surface area contributed by atoms with E-state index in [0.29, 0.717) is 0 Å². The second kappa shape index (κ2) is 7.49. The number of hydrogen-bond acceptors (Lipinski definition) is 2. The van der Waals surface area contributed by atoms with Gasteiger partial charge in [-0.15, -0.1) is 0 Å². The van der Waals surface area contributed by atoms with Gasteiger partial charge < -0.3 is 4.90 Å². The minimum atomic E-state index is -0.105. The average Bonchev–Trinajstić information content (AvgIpc) is 2.45. The van der Waals surface area contributed by atoms with Gasteiger partial charge in [0.15, 0.2) is 0 Å². The molecule has 1 fully saturated rings. The van der Waals surface area contributed by atoms with E-state index in [1.165, 1.54) is 25.8 Å².